The fourth-order valence-electron chi connectivity index (χ4n) is 2.14. The quantitative estimate of drug-likeness (QED) is 0.835. The van der Waals surface area contributed by atoms with E-state index in [0.717, 1.165) is 10.5 Å². The summed E-state index contributed by atoms with van der Waals surface area (Å²) in [6, 6.07) is 5.56. The van der Waals surface area contributed by atoms with Gasteiger partial charge in [-0.15, -0.1) is 0 Å². The number of anilines is 1. The van der Waals surface area contributed by atoms with Crippen molar-refractivity contribution < 1.29 is 14.7 Å². The first-order valence-electron chi connectivity index (χ1n) is 6.99. The fraction of sp³-hybridized carbons (Fsp3) is 0.375. The van der Waals surface area contributed by atoms with E-state index < -0.39 is 11.8 Å². The first-order chi connectivity index (χ1) is 10.2. The molecular formula is C16H19ClN2O3. The largest absolute Gasteiger partial charge is 0.395 e. The van der Waals surface area contributed by atoms with E-state index in [9.17, 15) is 9.59 Å². The smallest absolute Gasteiger partial charge is 0.277 e. The van der Waals surface area contributed by atoms with Crippen molar-refractivity contribution in [3.63, 3.8) is 0 Å². The molecule has 0 radical (unpaired) electrons. The van der Waals surface area contributed by atoms with Gasteiger partial charge in [-0.2, -0.15) is 0 Å². The molecule has 0 saturated carbocycles. The van der Waals surface area contributed by atoms with Crippen molar-refractivity contribution in [2.24, 2.45) is 0 Å². The summed E-state index contributed by atoms with van der Waals surface area (Å²) in [6.45, 7) is 5.94. The molecule has 1 aromatic rings. The van der Waals surface area contributed by atoms with Crippen LogP contribution in [0.25, 0.3) is 0 Å². The number of imide groups is 1. The Morgan fingerprint density at radius 2 is 1.95 bits per heavy atom. The predicted octanol–water partition coefficient (Wildman–Crippen LogP) is 2.29. The zero-order chi connectivity index (χ0) is 16.5. The van der Waals surface area contributed by atoms with Crippen LogP contribution in [0.2, 0.25) is 5.02 Å². The van der Waals surface area contributed by atoms with Crippen LogP contribution in [0.15, 0.2) is 30.0 Å². The third kappa shape index (κ3) is 3.31. The second kappa shape index (κ2) is 6.10. The number of hydrogen-bond donors (Lipinski definition) is 2. The number of carbonyl (C=O) groups excluding carboxylic acids is 2. The molecule has 1 aliphatic heterocycles. The molecule has 118 valence electrons. The molecule has 0 fully saturated rings. The van der Waals surface area contributed by atoms with Gasteiger partial charge < -0.3 is 10.4 Å². The maximum Gasteiger partial charge on any atom is 0.277 e. The standard InChI is InChI=1S/C16H19ClN2O3/c1-16(2,3)10-4-5-11(17)12(8-10)18-13-9-14(21)19(6-7-20)15(13)22/h4-5,8-9,18,20H,6-7H2,1-3H3. The molecule has 0 bridgehead atoms. The maximum absolute atomic E-state index is 12.1. The van der Waals surface area contributed by atoms with Crippen LogP contribution in [0.4, 0.5) is 5.69 Å². The van der Waals surface area contributed by atoms with Crippen LogP contribution in [0.5, 0.6) is 0 Å². The number of amides is 2. The summed E-state index contributed by atoms with van der Waals surface area (Å²) in [6.07, 6.45) is 1.22. The molecule has 0 atom stereocenters. The maximum atomic E-state index is 12.1. The highest BCUT2D eigenvalue weighted by Gasteiger charge is 2.31. The average Bonchev–Trinajstić information content (AvgIpc) is 2.68. The monoisotopic (exact) mass is 322 g/mol. The Hall–Kier alpha value is -1.85. The van der Waals surface area contributed by atoms with Crippen LogP contribution in [0, 0.1) is 0 Å². The van der Waals surface area contributed by atoms with Crippen molar-refractivity contribution in [2.75, 3.05) is 18.5 Å². The zero-order valence-corrected chi connectivity index (χ0v) is 13.6. The molecule has 0 unspecified atom stereocenters. The van der Waals surface area contributed by atoms with Crippen LogP contribution in [0.3, 0.4) is 0 Å². The van der Waals surface area contributed by atoms with E-state index in [4.69, 9.17) is 16.7 Å². The van der Waals surface area contributed by atoms with Crippen LogP contribution in [-0.4, -0.2) is 35.0 Å². The van der Waals surface area contributed by atoms with Gasteiger partial charge in [0.15, 0.2) is 0 Å². The van der Waals surface area contributed by atoms with Crippen molar-refractivity contribution in [3.8, 4) is 0 Å². The fourth-order valence-corrected chi connectivity index (χ4v) is 2.31. The number of hydrogen-bond acceptors (Lipinski definition) is 4. The van der Waals surface area contributed by atoms with Crippen molar-refractivity contribution in [1.82, 2.24) is 4.90 Å². The van der Waals surface area contributed by atoms with Crippen molar-refractivity contribution in [1.29, 1.82) is 0 Å². The third-order valence-corrected chi connectivity index (χ3v) is 3.76. The number of aliphatic hydroxyl groups excluding tert-OH is 1. The van der Waals surface area contributed by atoms with Gasteiger partial charge in [0.05, 0.1) is 23.9 Å². The SMILES string of the molecule is CC(C)(C)c1ccc(Cl)c(NC2=CC(=O)N(CCO)C2=O)c1. The second-order valence-corrected chi connectivity index (χ2v) is 6.55. The Balaban J connectivity index is 2.27. The van der Waals surface area contributed by atoms with Crippen LogP contribution in [-0.2, 0) is 15.0 Å². The minimum atomic E-state index is -0.462. The first-order valence-corrected chi connectivity index (χ1v) is 7.37. The molecule has 0 saturated heterocycles. The summed E-state index contributed by atoms with van der Waals surface area (Å²) >= 11 is 6.17. The lowest BCUT2D eigenvalue weighted by Crippen LogP contribution is -2.34. The van der Waals surface area contributed by atoms with E-state index in [1.807, 2.05) is 12.1 Å². The molecular weight excluding hydrogens is 304 g/mol. The number of nitrogens with zero attached hydrogens (tertiary/aromatic N) is 1. The lowest BCUT2D eigenvalue weighted by Gasteiger charge is -2.21. The highest BCUT2D eigenvalue weighted by Crippen LogP contribution is 2.31. The zero-order valence-electron chi connectivity index (χ0n) is 12.8. The van der Waals surface area contributed by atoms with Crippen LogP contribution < -0.4 is 5.32 Å². The van der Waals surface area contributed by atoms with Crippen molar-refractivity contribution in [2.45, 2.75) is 26.2 Å². The Bertz CT molecular complexity index is 647. The third-order valence-electron chi connectivity index (χ3n) is 3.43. The minimum absolute atomic E-state index is 0.0187. The minimum Gasteiger partial charge on any atom is -0.395 e. The van der Waals surface area contributed by atoms with Gasteiger partial charge >= 0.3 is 0 Å². The lowest BCUT2D eigenvalue weighted by atomic mass is 9.87. The van der Waals surface area contributed by atoms with E-state index in [2.05, 4.69) is 26.1 Å². The predicted molar refractivity (Wildman–Crippen MR) is 85.7 cm³/mol. The molecule has 0 spiro atoms. The highest BCUT2D eigenvalue weighted by molar-refractivity contribution is 6.33. The highest BCUT2D eigenvalue weighted by atomic mass is 35.5. The Labute approximate surface area is 134 Å². The number of carbonyl (C=O) groups is 2. The van der Waals surface area contributed by atoms with Crippen LogP contribution in [0.1, 0.15) is 26.3 Å². The van der Waals surface area contributed by atoms with E-state index >= 15 is 0 Å². The average molecular weight is 323 g/mol. The summed E-state index contributed by atoms with van der Waals surface area (Å²) in [7, 11) is 0. The number of aliphatic hydroxyl groups is 1. The Morgan fingerprint density at radius 3 is 2.55 bits per heavy atom. The summed E-state index contributed by atoms with van der Waals surface area (Å²) in [5.41, 5.74) is 1.73. The lowest BCUT2D eigenvalue weighted by molar-refractivity contribution is -0.137. The van der Waals surface area contributed by atoms with Gasteiger partial charge in [-0.25, -0.2) is 0 Å². The topological polar surface area (TPSA) is 69.6 Å². The summed E-state index contributed by atoms with van der Waals surface area (Å²) in [5, 5.41) is 12.3. The van der Waals surface area contributed by atoms with Gasteiger partial charge in [-0.1, -0.05) is 38.4 Å². The first kappa shape index (κ1) is 16.5. The van der Waals surface area contributed by atoms with Crippen molar-refractivity contribution in [3.05, 3.63) is 40.6 Å². The summed E-state index contributed by atoms with van der Waals surface area (Å²) < 4.78 is 0. The van der Waals surface area contributed by atoms with Gasteiger partial charge in [0.1, 0.15) is 5.70 Å². The van der Waals surface area contributed by atoms with Gasteiger partial charge in [0, 0.05) is 6.08 Å². The van der Waals surface area contributed by atoms with E-state index in [0.29, 0.717) is 10.7 Å². The Morgan fingerprint density at radius 1 is 1.27 bits per heavy atom. The van der Waals surface area contributed by atoms with E-state index in [1.54, 1.807) is 6.07 Å². The van der Waals surface area contributed by atoms with Crippen LogP contribution >= 0.6 is 11.6 Å². The number of halogens is 1. The molecule has 2 N–H and O–H groups in total. The van der Waals surface area contributed by atoms with E-state index in [1.165, 1.54) is 6.08 Å². The molecule has 2 amide bonds. The number of β-amino-alcohol motifs (C(OH)–C–C–N with tert-alkyl or cyclic N) is 1. The van der Waals surface area contributed by atoms with Gasteiger partial charge in [0.25, 0.3) is 11.8 Å². The number of rotatable bonds is 4. The molecule has 2 rings (SSSR count). The van der Waals surface area contributed by atoms with E-state index in [-0.39, 0.29) is 24.3 Å². The molecule has 6 heteroatoms. The van der Waals surface area contributed by atoms with Crippen molar-refractivity contribution >= 4 is 29.1 Å². The molecule has 1 heterocycles. The molecule has 5 nitrogen and oxygen atoms in total. The molecule has 1 aromatic carbocycles. The second-order valence-electron chi connectivity index (χ2n) is 6.15. The number of nitrogens with one attached hydrogen (secondary N) is 1. The normalized spacial score (nSPS) is 15.3. The van der Waals surface area contributed by atoms with Gasteiger partial charge in [0.2, 0.25) is 0 Å². The molecule has 1 aliphatic rings. The van der Waals surface area contributed by atoms with Gasteiger partial charge in [-0.05, 0) is 23.1 Å². The molecule has 0 aliphatic carbocycles. The molecule has 0 aromatic heterocycles. The Kier molecular flexibility index (Phi) is 4.58. The summed E-state index contributed by atoms with van der Waals surface area (Å²) in [4.78, 5) is 24.8. The molecule has 22 heavy (non-hydrogen) atoms. The van der Waals surface area contributed by atoms with Gasteiger partial charge in [-0.3, -0.25) is 14.5 Å². The number of benzene rings is 1. The summed E-state index contributed by atoms with van der Waals surface area (Å²) in [5.74, 6) is -0.902.